The van der Waals surface area contributed by atoms with Crippen LogP contribution in [0.1, 0.15) is 35.2 Å². The Kier molecular flexibility index (Phi) is 6.88. The van der Waals surface area contributed by atoms with Gasteiger partial charge in [-0.05, 0) is 48.9 Å². The van der Waals surface area contributed by atoms with Gasteiger partial charge in [-0.2, -0.15) is 0 Å². The van der Waals surface area contributed by atoms with Gasteiger partial charge in [-0.25, -0.2) is 4.39 Å². The summed E-state index contributed by atoms with van der Waals surface area (Å²) in [5.41, 5.74) is 1.52. The number of carbonyl (C=O) groups is 2. The molecule has 3 fully saturated rings. The second-order valence-corrected chi connectivity index (χ2v) is 10.2. The first kappa shape index (κ1) is 24.6. The number of halogens is 1. The molecular weight excluding hydrogens is 461 g/mol. The summed E-state index contributed by atoms with van der Waals surface area (Å²) in [6.07, 6.45) is 2.55. The summed E-state index contributed by atoms with van der Waals surface area (Å²) in [5.74, 6) is 0.661. The second kappa shape index (κ2) is 10.1. The molecule has 5 rings (SSSR count). The summed E-state index contributed by atoms with van der Waals surface area (Å²) >= 11 is 0. The van der Waals surface area contributed by atoms with Crippen molar-refractivity contribution in [2.45, 2.75) is 25.8 Å². The van der Waals surface area contributed by atoms with Gasteiger partial charge in [-0.3, -0.25) is 14.5 Å². The summed E-state index contributed by atoms with van der Waals surface area (Å²) < 4.78 is 24.5. The quantitative estimate of drug-likeness (QED) is 0.615. The molecule has 2 saturated heterocycles. The van der Waals surface area contributed by atoms with Crippen LogP contribution in [0.4, 0.5) is 4.39 Å². The number of nitrogens with zero attached hydrogens (tertiary/aromatic N) is 3. The highest BCUT2D eigenvalue weighted by Crippen LogP contribution is 2.60. The lowest BCUT2D eigenvalue weighted by Crippen LogP contribution is -2.49. The Morgan fingerprint density at radius 2 is 1.61 bits per heavy atom. The second-order valence-electron chi connectivity index (χ2n) is 10.2. The Balaban J connectivity index is 1.10. The Hall–Kier alpha value is -3.13. The maximum atomic E-state index is 14.0. The first-order valence-electron chi connectivity index (χ1n) is 12.7. The van der Waals surface area contributed by atoms with Crippen molar-refractivity contribution in [1.29, 1.82) is 0 Å². The van der Waals surface area contributed by atoms with Crippen molar-refractivity contribution in [2.75, 3.05) is 53.5 Å². The summed E-state index contributed by atoms with van der Waals surface area (Å²) in [5, 5.41) is 0. The van der Waals surface area contributed by atoms with Gasteiger partial charge in [0.2, 0.25) is 5.91 Å². The number of piperazine rings is 1. The number of amides is 2. The Morgan fingerprint density at radius 3 is 2.28 bits per heavy atom. The predicted molar refractivity (Wildman–Crippen MR) is 133 cm³/mol. The third-order valence-corrected chi connectivity index (χ3v) is 8.20. The van der Waals surface area contributed by atoms with Crippen LogP contribution in [-0.2, 0) is 11.3 Å². The summed E-state index contributed by atoms with van der Waals surface area (Å²) in [6.45, 7) is 5.21. The van der Waals surface area contributed by atoms with Crippen molar-refractivity contribution in [2.24, 2.45) is 11.3 Å². The number of ether oxygens (including phenoxy) is 2. The van der Waals surface area contributed by atoms with E-state index in [1.54, 1.807) is 18.1 Å². The van der Waals surface area contributed by atoms with Crippen LogP contribution in [-0.4, -0.2) is 80.0 Å². The molecule has 2 heterocycles. The minimum absolute atomic E-state index is 0.0214. The monoisotopic (exact) mass is 495 g/mol. The van der Waals surface area contributed by atoms with Crippen LogP contribution in [0, 0.1) is 17.2 Å². The van der Waals surface area contributed by atoms with Crippen LogP contribution >= 0.6 is 0 Å². The molecule has 2 aliphatic heterocycles. The van der Waals surface area contributed by atoms with Gasteiger partial charge in [0.15, 0.2) is 11.6 Å². The van der Waals surface area contributed by atoms with E-state index in [0.29, 0.717) is 18.7 Å². The lowest BCUT2D eigenvalue weighted by Gasteiger charge is -2.36. The molecule has 0 unspecified atom stereocenters. The molecular formula is C28H34FN3O4. The van der Waals surface area contributed by atoms with Crippen molar-refractivity contribution in [1.82, 2.24) is 14.7 Å². The number of para-hydroxylation sites is 1. The van der Waals surface area contributed by atoms with Crippen molar-refractivity contribution in [3.63, 3.8) is 0 Å². The van der Waals surface area contributed by atoms with E-state index in [1.165, 1.54) is 24.8 Å². The number of benzene rings is 2. The zero-order chi connectivity index (χ0) is 25.3. The smallest absolute Gasteiger partial charge is 0.253 e. The average molecular weight is 496 g/mol. The fraction of sp³-hybridized carbons (Fsp3) is 0.500. The molecule has 0 aromatic heterocycles. The third kappa shape index (κ3) is 4.78. The first-order chi connectivity index (χ1) is 17.4. The maximum absolute atomic E-state index is 14.0. The topological polar surface area (TPSA) is 62.3 Å². The molecule has 1 saturated carbocycles. The number of rotatable bonds is 6. The van der Waals surface area contributed by atoms with E-state index in [9.17, 15) is 14.0 Å². The predicted octanol–water partition coefficient (Wildman–Crippen LogP) is 3.43. The number of likely N-dealkylation sites (tertiary alicyclic amines) is 1. The van der Waals surface area contributed by atoms with Crippen LogP contribution in [0.5, 0.6) is 11.5 Å². The third-order valence-electron chi connectivity index (χ3n) is 8.20. The highest BCUT2D eigenvalue weighted by molar-refractivity contribution is 5.94. The summed E-state index contributed by atoms with van der Waals surface area (Å²) in [6, 6.07) is 12.4. The highest BCUT2D eigenvalue weighted by Gasteiger charge is 2.59. The molecule has 3 aliphatic rings. The van der Waals surface area contributed by atoms with Crippen molar-refractivity contribution in [3.8, 4) is 11.5 Å². The van der Waals surface area contributed by atoms with E-state index < -0.39 is 5.82 Å². The minimum Gasteiger partial charge on any atom is -0.496 e. The normalized spacial score (nSPS) is 21.4. The molecule has 36 heavy (non-hydrogen) atoms. The summed E-state index contributed by atoms with van der Waals surface area (Å²) in [4.78, 5) is 32.3. The molecule has 2 amide bonds. The number of piperidine rings is 1. The van der Waals surface area contributed by atoms with Gasteiger partial charge in [0.1, 0.15) is 5.75 Å². The lowest BCUT2D eigenvalue weighted by atomic mass is 9.90. The zero-order valence-electron chi connectivity index (χ0n) is 21.0. The van der Waals surface area contributed by atoms with E-state index in [0.717, 1.165) is 57.7 Å². The fourth-order valence-corrected chi connectivity index (χ4v) is 5.81. The molecule has 0 bridgehead atoms. The molecule has 2 aromatic rings. The zero-order valence-corrected chi connectivity index (χ0v) is 21.0. The largest absolute Gasteiger partial charge is 0.496 e. The molecule has 8 heteroatoms. The average Bonchev–Trinajstić information content (AvgIpc) is 3.61. The van der Waals surface area contributed by atoms with E-state index in [1.807, 2.05) is 23.1 Å². The fourth-order valence-electron chi connectivity index (χ4n) is 5.81. The molecule has 1 atom stereocenters. The van der Waals surface area contributed by atoms with Crippen LogP contribution < -0.4 is 9.47 Å². The molecule has 7 nitrogen and oxygen atoms in total. The maximum Gasteiger partial charge on any atom is 0.253 e. The van der Waals surface area contributed by atoms with Crippen LogP contribution in [0.15, 0.2) is 42.5 Å². The van der Waals surface area contributed by atoms with Gasteiger partial charge >= 0.3 is 0 Å². The SMILES string of the molecule is COc1ccc(C(=O)N2CCC3(CC2)C[C@H]3C(=O)N2CCN(Cc3ccccc3OC)CC2)cc1F. The first-order valence-corrected chi connectivity index (χ1v) is 12.7. The number of hydrogen-bond acceptors (Lipinski definition) is 5. The Labute approximate surface area is 211 Å². The Bertz CT molecular complexity index is 1120. The number of hydrogen-bond donors (Lipinski definition) is 0. The minimum atomic E-state index is -0.535. The van der Waals surface area contributed by atoms with Crippen molar-refractivity contribution >= 4 is 11.8 Å². The molecule has 0 radical (unpaired) electrons. The van der Waals surface area contributed by atoms with Gasteiger partial charge in [0.25, 0.3) is 5.91 Å². The van der Waals surface area contributed by atoms with Crippen LogP contribution in [0.25, 0.3) is 0 Å². The van der Waals surface area contributed by atoms with Gasteiger partial charge < -0.3 is 19.3 Å². The molecule has 1 aliphatic carbocycles. The van der Waals surface area contributed by atoms with E-state index in [2.05, 4.69) is 11.0 Å². The molecule has 192 valence electrons. The van der Waals surface area contributed by atoms with Crippen molar-refractivity contribution < 1.29 is 23.5 Å². The Morgan fingerprint density at radius 1 is 0.917 bits per heavy atom. The number of carbonyl (C=O) groups excluding carboxylic acids is 2. The van der Waals surface area contributed by atoms with Gasteiger partial charge in [-0.1, -0.05) is 18.2 Å². The van der Waals surface area contributed by atoms with Gasteiger partial charge in [0, 0.05) is 62.9 Å². The van der Waals surface area contributed by atoms with Crippen molar-refractivity contribution in [3.05, 3.63) is 59.4 Å². The molecule has 2 aromatic carbocycles. The van der Waals surface area contributed by atoms with Gasteiger partial charge in [0.05, 0.1) is 14.2 Å². The van der Waals surface area contributed by atoms with E-state index in [-0.39, 0.29) is 28.9 Å². The van der Waals surface area contributed by atoms with Crippen LogP contribution in [0.3, 0.4) is 0 Å². The molecule has 0 N–H and O–H groups in total. The standard InChI is InChI=1S/C28H34FN3O4/c1-35-24-6-4-3-5-21(24)19-30-13-15-32(16-14-30)27(34)22-18-28(22)9-11-31(12-10-28)26(33)20-7-8-25(36-2)23(29)17-20/h3-8,17,22H,9-16,18-19H2,1-2H3/t22-/m0/s1. The van der Waals surface area contributed by atoms with Crippen LogP contribution in [0.2, 0.25) is 0 Å². The van der Waals surface area contributed by atoms with E-state index in [4.69, 9.17) is 9.47 Å². The van der Waals surface area contributed by atoms with E-state index >= 15 is 0 Å². The highest BCUT2D eigenvalue weighted by atomic mass is 19.1. The summed E-state index contributed by atoms with van der Waals surface area (Å²) in [7, 11) is 3.10. The number of methoxy groups -OCH3 is 2. The molecule has 1 spiro atoms. The lowest BCUT2D eigenvalue weighted by molar-refractivity contribution is -0.135. The van der Waals surface area contributed by atoms with Gasteiger partial charge in [-0.15, -0.1) is 0 Å².